The van der Waals surface area contributed by atoms with Crippen LogP contribution in [0.25, 0.3) is 10.9 Å². The Bertz CT molecular complexity index is 555. The summed E-state index contributed by atoms with van der Waals surface area (Å²) in [6, 6.07) is 6.23. The number of ether oxygens (including phenoxy) is 1. The third-order valence-corrected chi connectivity index (χ3v) is 3.33. The summed E-state index contributed by atoms with van der Waals surface area (Å²) >= 11 is 0. The van der Waals surface area contributed by atoms with Crippen molar-refractivity contribution in [2.75, 3.05) is 34.8 Å². The third kappa shape index (κ3) is 3.63. The highest BCUT2D eigenvalue weighted by molar-refractivity contribution is 5.90. The van der Waals surface area contributed by atoms with Crippen LogP contribution in [0.5, 0.6) is 5.75 Å². The second-order valence-electron chi connectivity index (χ2n) is 5.88. The van der Waals surface area contributed by atoms with E-state index in [-0.39, 0.29) is 24.0 Å². The van der Waals surface area contributed by atoms with Gasteiger partial charge < -0.3 is 37.8 Å². The molecule has 0 aliphatic rings. The topological polar surface area (TPSA) is 14.2 Å². The summed E-state index contributed by atoms with van der Waals surface area (Å²) < 4.78 is 8.66. The van der Waals surface area contributed by atoms with Crippen LogP contribution < -0.4 is 28.7 Å². The monoisotopic (exact) mass is 374 g/mol. The van der Waals surface area contributed by atoms with Gasteiger partial charge in [-0.1, -0.05) is 6.07 Å². The summed E-state index contributed by atoms with van der Waals surface area (Å²) in [5, 5.41) is 1.26. The first-order valence-electron chi connectivity index (χ1n) is 6.34. The molecule has 0 radical (unpaired) electrons. The Kier molecular flexibility index (Phi) is 5.26. The lowest BCUT2D eigenvalue weighted by Gasteiger charge is -2.23. The molecule has 0 bridgehead atoms. The van der Waals surface area contributed by atoms with E-state index in [4.69, 9.17) is 4.74 Å². The van der Waals surface area contributed by atoms with Gasteiger partial charge in [0.2, 0.25) is 0 Å². The van der Waals surface area contributed by atoms with E-state index >= 15 is 0 Å². The highest BCUT2D eigenvalue weighted by Crippen LogP contribution is 2.30. The predicted molar refractivity (Wildman–Crippen MR) is 76.1 cm³/mol. The lowest BCUT2D eigenvalue weighted by atomic mass is 10.1. The van der Waals surface area contributed by atoms with Gasteiger partial charge in [-0.2, -0.15) is 0 Å². The highest BCUT2D eigenvalue weighted by Gasteiger charge is 2.14. The summed E-state index contributed by atoms with van der Waals surface area (Å²) in [5.41, 5.74) is 2.61. The maximum absolute atomic E-state index is 5.49. The Morgan fingerprint density at radius 2 is 1.89 bits per heavy atom. The van der Waals surface area contributed by atoms with Gasteiger partial charge in [-0.25, -0.2) is 0 Å². The molecule has 2 aromatic rings. The van der Waals surface area contributed by atoms with Crippen LogP contribution in [0.15, 0.2) is 24.4 Å². The van der Waals surface area contributed by atoms with E-state index in [9.17, 15) is 0 Å². The van der Waals surface area contributed by atoms with Crippen LogP contribution >= 0.6 is 0 Å². The van der Waals surface area contributed by atoms with E-state index in [0.29, 0.717) is 0 Å². The standard InChI is InChI=1S/C15H23N2O.HI/c1-16-11-12(9-10-17(2,3)4)15-13(16)7-6-8-14(15)18-5;/h6-8,11H,9-10H2,1-5H3;1H/q+1;/p-1. The van der Waals surface area contributed by atoms with Gasteiger partial charge in [0.05, 0.1) is 40.3 Å². The molecular formula is C15H23IN2O. The normalized spacial score (nSPS) is 11.4. The fourth-order valence-electron chi connectivity index (χ4n) is 2.32. The molecular weight excluding hydrogens is 351 g/mol. The largest absolute Gasteiger partial charge is 1.00 e. The summed E-state index contributed by atoms with van der Waals surface area (Å²) in [6.07, 6.45) is 3.30. The van der Waals surface area contributed by atoms with E-state index in [2.05, 4.69) is 45.0 Å². The van der Waals surface area contributed by atoms with Gasteiger partial charge in [0.15, 0.2) is 0 Å². The smallest absolute Gasteiger partial charge is 0.128 e. The SMILES string of the molecule is COc1cccc2c1c(CC[N+](C)(C)C)cn2C.[I-]. The lowest BCUT2D eigenvalue weighted by Crippen LogP contribution is -3.00. The second kappa shape index (κ2) is 6.13. The molecule has 0 amide bonds. The zero-order valence-electron chi connectivity index (χ0n) is 12.4. The molecule has 0 aliphatic carbocycles. The summed E-state index contributed by atoms with van der Waals surface area (Å²) in [6.45, 7) is 1.12. The average molecular weight is 374 g/mol. The maximum Gasteiger partial charge on any atom is 0.128 e. The van der Waals surface area contributed by atoms with Gasteiger partial charge in [-0.05, 0) is 17.7 Å². The number of likely N-dealkylation sites (N-methyl/N-ethyl adjacent to an activating group) is 1. The van der Waals surface area contributed by atoms with Crippen molar-refractivity contribution in [3.63, 3.8) is 0 Å². The molecule has 1 aromatic heterocycles. The number of nitrogens with zero attached hydrogens (tertiary/aromatic N) is 2. The molecule has 1 aromatic carbocycles. The quantitative estimate of drug-likeness (QED) is 0.517. The Labute approximate surface area is 132 Å². The van der Waals surface area contributed by atoms with E-state index in [1.165, 1.54) is 16.5 Å². The minimum absolute atomic E-state index is 0. The van der Waals surface area contributed by atoms with Crippen molar-refractivity contribution in [3.8, 4) is 5.75 Å². The van der Waals surface area contributed by atoms with Crippen LogP contribution in [-0.4, -0.2) is 43.8 Å². The zero-order chi connectivity index (χ0) is 13.3. The molecule has 0 atom stereocenters. The van der Waals surface area contributed by atoms with Crippen LogP contribution in [0.3, 0.4) is 0 Å². The summed E-state index contributed by atoms with van der Waals surface area (Å²) in [5.74, 6) is 0.976. The van der Waals surface area contributed by atoms with Crippen molar-refractivity contribution < 1.29 is 33.2 Å². The number of aryl methyl sites for hydroxylation is 1. The molecule has 2 rings (SSSR count). The molecule has 0 aliphatic heterocycles. The van der Waals surface area contributed by atoms with Crippen LogP contribution in [0.1, 0.15) is 5.56 Å². The molecule has 0 saturated heterocycles. The number of quaternary nitrogens is 1. The maximum atomic E-state index is 5.49. The molecule has 0 saturated carbocycles. The number of aromatic nitrogens is 1. The van der Waals surface area contributed by atoms with Crippen molar-refractivity contribution in [2.45, 2.75) is 6.42 Å². The number of fused-ring (bicyclic) bond motifs is 1. The Hall–Kier alpha value is -0.750. The Balaban J connectivity index is 0.00000180. The average Bonchev–Trinajstić information content (AvgIpc) is 2.63. The first kappa shape index (κ1) is 16.3. The molecule has 0 N–H and O–H groups in total. The van der Waals surface area contributed by atoms with Crippen LogP contribution in [0.4, 0.5) is 0 Å². The minimum atomic E-state index is 0. The van der Waals surface area contributed by atoms with Gasteiger partial charge in [-0.3, -0.25) is 0 Å². The Morgan fingerprint density at radius 1 is 1.21 bits per heavy atom. The summed E-state index contributed by atoms with van der Waals surface area (Å²) in [7, 11) is 10.5. The lowest BCUT2D eigenvalue weighted by molar-refractivity contribution is -0.870. The molecule has 3 nitrogen and oxygen atoms in total. The molecule has 1 heterocycles. The second-order valence-corrected chi connectivity index (χ2v) is 5.88. The van der Waals surface area contributed by atoms with Crippen molar-refractivity contribution in [2.24, 2.45) is 7.05 Å². The van der Waals surface area contributed by atoms with Crippen LogP contribution in [0, 0.1) is 0 Å². The molecule has 19 heavy (non-hydrogen) atoms. The van der Waals surface area contributed by atoms with Gasteiger partial charge in [0.1, 0.15) is 5.75 Å². The summed E-state index contributed by atoms with van der Waals surface area (Å²) in [4.78, 5) is 0. The van der Waals surface area contributed by atoms with Crippen LogP contribution in [-0.2, 0) is 13.5 Å². The van der Waals surface area contributed by atoms with Crippen molar-refractivity contribution >= 4 is 10.9 Å². The number of hydrogen-bond donors (Lipinski definition) is 0. The van der Waals surface area contributed by atoms with Crippen LogP contribution in [0.2, 0.25) is 0 Å². The fraction of sp³-hybridized carbons (Fsp3) is 0.467. The molecule has 4 heteroatoms. The van der Waals surface area contributed by atoms with Gasteiger partial charge >= 0.3 is 0 Å². The van der Waals surface area contributed by atoms with Gasteiger partial charge in [0.25, 0.3) is 0 Å². The van der Waals surface area contributed by atoms with Gasteiger partial charge in [0, 0.05) is 25.1 Å². The first-order valence-corrected chi connectivity index (χ1v) is 6.34. The van der Waals surface area contributed by atoms with Crippen molar-refractivity contribution in [3.05, 3.63) is 30.0 Å². The number of hydrogen-bond acceptors (Lipinski definition) is 1. The first-order chi connectivity index (χ1) is 8.42. The van der Waals surface area contributed by atoms with E-state index in [1.54, 1.807) is 7.11 Å². The number of methoxy groups -OCH3 is 1. The van der Waals surface area contributed by atoms with E-state index < -0.39 is 0 Å². The molecule has 0 spiro atoms. The number of halogens is 1. The third-order valence-electron chi connectivity index (χ3n) is 3.33. The highest BCUT2D eigenvalue weighted by atomic mass is 127. The van der Waals surface area contributed by atoms with E-state index in [1.807, 2.05) is 12.1 Å². The molecule has 0 unspecified atom stereocenters. The molecule has 106 valence electrons. The number of benzene rings is 1. The van der Waals surface area contributed by atoms with E-state index in [0.717, 1.165) is 23.2 Å². The van der Waals surface area contributed by atoms with Gasteiger partial charge in [-0.15, -0.1) is 0 Å². The Morgan fingerprint density at radius 3 is 2.47 bits per heavy atom. The van der Waals surface area contributed by atoms with Crippen molar-refractivity contribution in [1.82, 2.24) is 4.57 Å². The zero-order valence-corrected chi connectivity index (χ0v) is 14.6. The minimum Gasteiger partial charge on any atom is -1.00 e. The fourth-order valence-corrected chi connectivity index (χ4v) is 2.32. The molecule has 0 fully saturated rings. The number of rotatable bonds is 4. The predicted octanol–water partition coefficient (Wildman–Crippen LogP) is -0.560. The van der Waals surface area contributed by atoms with Crippen molar-refractivity contribution in [1.29, 1.82) is 0 Å².